The van der Waals surface area contributed by atoms with Crippen LogP contribution in [0.15, 0.2) is 47.9 Å². The molecule has 1 aliphatic heterocycles. The molecule has 0 saturated carbocycles. The van der Waals surface area contributed by atoms with E-state index in [4.69, 9.17) is 9.84 Å². The van der Waals surface area contributed by atoms with Gasteiger partial charge < -0.3 is 24.6 Å². The number of rotatable bonds is 6. The average Bonchev–Trinajstić information content (AvgIpc) is 3.20. The van der Waals surface area contributed by atoms with Gasteiger partial charge in [0.05, 0.1) is 25.8 Å². The van der Waals surface area contributed by atoms with Crippen molar-refractivity contribution in [1.82, 2.24) is 14.5 Å². The maximum atomic E-state index is 12.6. The summed E-state index contributed by atoms with van der Waals surface area (Å²) >= 11 is 0. The van der Waals surface area contributed by atoms with E-state index < -0.39 is 5.97 Å². The average molecular weight is 356 g/mol. The second-order valence-corrected chi connectivity index (χ2v) is 5.82. The third-order valence-electron chi connectivity index (χ3n) is 4.17. The van der Waals surface area contributed by atoms with Gasteiger partial charge in [0, 0.05) is 30.3 Å². The molecule has 1 aromatic carbocycles. The zero-order valence-corrected chi connectivity index (χ0v) is 14.6. The molecule has 0 aliphatic carbocycles. The number of aliphatic hydroxyl groups excluding tert-OH is 1. The second-order valence-electron chi connectivity index (χ2n) is 5.82. The van der Waals surface area contributed by atoms with Crippen molar-refractivity contribution in [2.45, 2.75) is 6.92 Å². The Morgan fingerprint density at radius 1 is 1.42 bits per heavy atom. The second kappa shape index (κ2) is 7.40. The third-order valence-corrected chi connectivity index (χ3v) is 4.17. The SMILES string of the molecule is COC(=O)C1=C(Nc2cccc(-n3ccnc3C)c2)C(=O)N(CCO)C1. The lowest BCUT2D eigenvalue weighted by atomic mass is 10.2. The van der Waals surface area contributed by atoms with Crippen molar-refractivity contribution in [1.29, 1.82) is 0 Å². The third kappa shape index (κ3) is 3.31. The van der Waals surface area contributed by atoms with Crippen molar-refractivity contribution in [3.05, 3.63) is 53.8 Å². The number of aliphatic hydroxyl groups is 1. The highest BCUT2D eigenvalue weighted by Gasteiger charge is 2.34. The first-order chi connectivity index (χ1) is 12.5. The number of esters is 1. The van der Waals surface area contributed by atoms with Crippen LogP contribution in [0, 0.1) is 6.92 Å². The molecule has 0 atom stereocenters. The summed E-state index contributed by atoms with van der Waals surface area (Å²) in [6.45, 7) is 1.97. The Morgan fingerprint density at radius 2 is 2.23 bits per heavy atom. The minimum absolute atomic E-state index is 0.106. The van der Waals surface area contributed by atoms with Crippen LogP contribution < -0.4 is 5.32 Å². The highest BCUT2D eigenvalue weighted by molar-refractivity contribution is 6.08. The lowest BCUT2D eigenvalue weighted by molar-refractivity contribution is -0.136. The fourth-order valence-electron chi connectivity index (χ4n) is 2.88. The predicted octanol–water partition coefficient (Wildman–Crippen LogP) is 0.854. The van der Waals surface area contributed by atoms with E-state index in [1.54, 1.807) is 12.3 Å². The van der Waals surface area contributed by atoms with Crippen LogP contribution in [0.2, 0.25) is 0 Å². The number of aromatic nitrogens is 2. The Morgan fingerprint density at radius 3 is 2.88 bits per heavy atom. The Balaban J connectivity index is 1.92. The summed E-state index contributed by atoms with van der Waals surface area (Å²) < 4.78 is 6.70. The van der Waals surface area contributed by atoms with Crippen molar-refractivity contribution < 1.29 is 19.4 Å². The molecule has 1 amide bonds. The summed E-state index contributed by atoms with van der Waals surface area (Å²) in [5.41, 5.74) is 1.95. The monoisotopic (exact) mass is 356 g/mol. The number of nitrogens with one attached hydrogen (secondary N) is 1. The zero-order chi connectivity index (χ0) is 18.7. The van der Waals surface area contributed by atoms with Crippen LogP contribution >= 0.6 is 0 Å². The first kappa shape index (κ1) is 17.7. The molecule has 0 unspecified atom stereocenters. The van der Waals surface area contributed by atoms with Crippen LogP contribution in [-0.4, -0.2) is 58.2 Å². The molecule has 0 fully saturated rings. The minimum atomic E-state index is -0.567. The molecule has 0 spiro atoms. The van der Waals surface area contributed by atoms with E-state index in [0.717, 1.165) is 11.5 Å². The lowest BCUT2D eigenvalue weighted by Gasteiger charge is -2.15. The largest absolute Gasteiger partial charge is 0.466 e. The van der Waals surface area contributed by atoms with Crippen LogP contribution in [0.3, 0.4) is 0 Å². The molecule has 8 nitrogen and oxygen atoms in total. The maximum Gasteiger partial charge on any atom is 0.337 e. The molecule has 8 heteroatoms. The van der Waals surface area contributed by atoms with Crippen molar-refractivity contribution in [2.75, 3.05) is 32.1 Å². The van der Waals surface area contributed by atoms with Gasteiger partial charge in [-0.05, 0) is 25.1 Å². The number of carbonyl (C=O) groups is 2. The molecule has 0 radical (unpaired) electrons. The van der Waals surface area contributed by atoms with E-state index in [2.05, 4.69) is 10.3 Å². The standard InChI is InChI=1S/C18H20N4O4/c1-12-19-6-7-22(12)14-5-3-4-13(10-14)20-16-15(18(25)26-2)11-21(8-9-23)17(16)24/h3-7,10,20,23H,8-9,11H2,1-2H3. The first-order valence-corrected chi connectivity index (χ1v) is 8.14. The molecule has 1 aliphatic rings. The van der Waals surface area contributed by atoms with Gasteiger partial charge >= 0.3 is 5.97 Å². The summed E-state index contributed by atoms with van der Waals surface area (Å²) in [7, 11) is 1.27. The molecule has 1 aromatic heterocycles. The summed E-state index contributed by atoms with van der Waals surface area (Å²) in [6, 6.07) is 7.43. The summed E-state index contributed by atoms with van der Waals surface area (Å²) in [5, 5.41) is 12.2. The maximum absolute atomic E-state index is 12.6. The number of nitrogens with zero attached hydrogens (tertiary/aromatic N) is 3. The molecule has 26 heavy (non-hydrogen) atoms. The van der Waals surface area contributed by atoms with E-state index >= 15 is 0 Å². The van der Waals surface area contributed by atoms with Crippen LogP contribution in [-0.2, 0) is 14.3 Å². The van der Waals surface area contributed by atoms with Crippen LogP contribution in [0.5, 0.6) is 0 Å². The van der Waals surface area contributed by atoms with Crippen molar-refractivity contribution >= 4 is 17.6 Å². The van der Waals surface area contributed by atoms with Gasteiger partial charge in [-0.15, -0.1) is 0 Å². The zero-order valence-electron chi connectivity index (χ0n) is 14.6. The smallest absolute Gasteiger partial charge is 0.337 e. The number of aryl methyl sites for hydroxylation is 1. The lowest BCUT2D eigenvalue weighted by Crippen LogP contribution is -2.31. The van der Waals surface area contributed by atoms with Crippen molar-refractivity contribution in [3.8, 4) is 5.69 Å². The van der Waals surface area contributed by atoms with Gasteiger partial charge in [0.15, 0.2) is 0 Å². The number of anilines is 1. The Bertz CT molecular complexity index is 872. The highest BCUT2D eigenvalue weighted by Crippen LogP contribution is 2.24. The number of imidazole rings is 1. The molecule has 2 aromatic rings. The van der Waals surface area contributed by atoms with Crippen molar-refractivity contribution in [2.24, 2.45) is 0 Å². The van der Waals surface area contributed by atoms with Gasteiger partial charge in [-0.2, -0.15) is 0 Å². The number of ether oxygens (including phenoxy) is 1. The quantitative estimate of drug-likeness (QED) is 0.745. The highest BCUT2D eigenvalue weighted by atomic mass is 16.5. The van der Waals surface area contributed by atoms with Crippen LogP contribution in [0.1, 0.15) is 5.82 Å². The van der Waals surface area contributed by atoms with Gasteiger partial charge in [-0.1, -0.05) is 6.07 Å². The van der Waals surface area contributed by atoms with Gasteiger partial charge in [0.1, 0.15) is 11.5 Å². The molecule has 0 saturated heterocycles. The molecule has 3 rings (SSSR count). The number of benzene rings is 1. The van der Waals surface area contributed by atoms with Gasteiger partial charge in [0.25, 0.3) is 5.91 Å². The van der Waals surface area contributed by atoms with Gasteiger partial charge in [-0.25, -0.2) is 9.78 Å². The van der Waals surface area contributed by atoms with E-state index in [9.17, 15) is 9.59 Å². The van der Waals surface area contributed by atoms with Crippen LogP contribution in [0.25, 0.3) is 5.69 Å². The van der Waals surface area contributed by atoms with Crippen LogP contribution in [0.4, 0.5) is 5.69 Å². The molecule has 2 N–H and O–H groups in total. The molecule has 136 valence electrons. The van der Waals surface area contributed by atoms with Gasteiger partial charge in [-0.3, -0.25) is 4.79 Å². The number of carbonyl (C=O) groups excluding carboxylic acids is 2. The summed E-state index contributed by atoms with van der Waals surface area (Å²) in [5.74, 6) is -0.0748. The number of amides is 1. The molecule has 0 bridgehead atoms. The van der Waals surface area contributed by atoms with E-state index in [-0.39, 0.29) is 36.9 Å². The normalized spacial score (nSPS) is 14.1. The van der Waals surface area contributed by atoms with E-state index in [0.29, 0.717) is 5.69 Å². The Labute approximate surface area is 150 Å². The Hall–Kier alpha value is -3.13. The molecule has 2 heterocycles. The summed E-state index contributed by atoms with van der Waals surface area (Å²) in [4.78, 5) is 30.2. The summed E-state index contributed by atoms with van der Waals surface area (Å²) in [6.07, 6.45) is 3.55. The first-order valence-electron chi connectivity index (χ1n) is 8.14. The number of methoxy groups -OCH3 is 1. The fourth-order valence-corrected chi connectivity index (χ4v) is 2.88. The molecular weight excluding hydrogens is 336 g/mol. The topological polar surface area (TPSA) is 96.7 Å². The molecular formula is C18H20N4O4. The fraction of sp³-hybridized carbons (Fsp3) is 0.278. The van der Waals surface area contributed by atoms with Gasteiger partial charge in [0.2, 0.25) is 0 Å². The van der Waals surface area contributed by atoms with Crippen molar-refractivity contribution in [3.63, 3.8) is 0 Å². The predicted molar refractivity (Wildman–Crippen MR) is 94.6 cm³/mol. The van der Waals surface area contributed by atoms with E-state index in [1.165, 1.54) is 12.0 Å². The van der Waals surface area contributed by atoms with E-state index in [1.807, 2.05) is 35.9 Å². The minimum Gasteiger partial charge on any atom is -0.466 e. The Kier molecular flexibility index (Phi) is 5.04. The number of hydrogen-bond donors (Lipinski definition) is 2. The number of β-amino-alcohol motifs (C(OH)–C–C–N with tert-alkyl or cyclic N) is 1. The number of hydrogen-bond acceptors (Lipinski definition) is 6.